The van der Waals surface area contributed by atoms with Crippen molar-refractivity contribution in [2.75, 3.05) is 33.9 Å². The van der Waals surface area contributed by atoms with Crippen molar-refractivity contribution < 1.29 is 26.7 Å². The zero-order chi connectivity index (χ0) is 25.7. The molecule has 0 spiro atoms. The van der Waals surface area contributed by atoms with Crippen LogP contribution >= 0.6 is 23.2 Å². The lowest BCUT2D eigenvalue weighted by atomic mass is 10.0. The molecule has 3 atom stereocenters. The highest BCUT2D eigenvalue weighted by Gasteiger charge is 2.34. The Morgan fingerprint density at radius 1 is 0.912 bits per heavy atom. The summed E-state index contributed by atoms with van der Waals surface area (Å²) in [6, 6.07) is 11.0. The zero-order valence-corrected chi connectivity index (χ0v) is 22.6. The summed E-state index contributed by atoms with van der Waals surface area (Å²) in [4.78, 5) is 0.0878. The SMILES string of the molecule is CO[C@@H](CN(C)S(=O)(=O)c1ccc(Cl)cc1)[C@@H](C)CN([C@H](C)CO)S(=O)(=O)c1cccc(Cl)c1. The number of nitrogens with zero attached hydrogens (tertiary/aromatic N) is 2. The van der Waals surface area contributed by atoms with Crippen molar-refractivity contribution in [2.45, 2.75) is 35.8 Å². The Bertz CT molecular complexity index is 1160. The van der Waals surface area contributed by atoms with Gasteiger partial charge in [0.2, 0.25) is 20.0 Å². The van der Waals surface area contributed by atoms with Gasteiger partial charge in [-0.3, -0.25) is 0 Å². The van der Waals surface area contributed by atoms with Crippen molar-refractivity contribution in [1.82, 2.24) is 8.61 Å². The third-order valence-electron chi connectivity index (χ3n) is 5.52. The number of aliphatic hydroxyl groups is 1. The number of hydrogen-bond donors (Lipinski definition) is 1. The molecule has 8 nitrogen and oxygen atoms in total. The lowest BCUT2D eigenvalue weighted by Gasteiger charge is -2.33. The van der Waals surface area contributed by atoms with Crippen molar-refractivity contribution >= 4 is 43.2 Å². The number of aliphatic hydroxyl groups excluding tert-OH is 1. The second kappa shape index (κ2) is 12.1. The van der Waals surface area contributed by atoms with Crippen LogP contribution in [0.5, 0.6) is 0 Å². The molecule has 2 aromatic rings. The van der Waals surface area contributed by atoms with E-state index < -0.39 is 44.7 Å². The van der Waals surface area contributed by atoms with Crippen molar-refractivity contribution in [2.24, 2.45) is 5.92 Å². The molecule has 0 saturated heterocycles. The van der Waals surface area contributed by atoms with Crippen molar-refractivity contribution in [3.05, 3.63) is 58.6 Å². The molecule has 0 amide bonds. The van der Waals surface area contributed by atoms with Gasteiger partial charge in [-0.25, -0.2) is 16.8 Å². The number of likely N-dealkylation sites (N-methyl/N-ethyl adjacent to an activating group) is 1. The molecular formula is C22H30Cl2N2O6S2. The quantitative estimate of drug-likeness (QED) is 0.433. The molecule has 0 fully saturated rings. The van der Waals surface area contributed by atoms with E-state index in [1.165, 1.54) is 60.9 Å². The smallest absolute Gasteiger partial charge is 0.243 e. The fraction of sp³-hybridized carbons (Fsp3) is 0.455. The summed E-state index contributed by atoms with van der Waals surface area (Å²) in [6.45, 7) is 2.94. The van der Waals surface area contributed by atoms with Gasteiger partial charge in [-0.2, -0.15) is 8.61 Å². The number of ether oxygens (including phenoxy) is 1. The molecule has 0 radical (unpaired) electrons. The lowest BCUT2D eigenvalue weighted by molar-refractivity contribution is 0.0360. The lowest BCUT2D eigenvalue weighted by Crippen LogP contribution is -2.47. The standard InChI is InChI=1S/C22H30Cl2N2O6S2/c1-16(13-26(17(2)15-27)34(30,31)21-7-5-6-19(24)12-21)22(32-4)14-25(3)33(28,29)20-10-8-18(23)9-11-20/h5-12,16-17,22,27H,13-15H2,1-4H3/t16-,17+,22-/m0/s1. The summed E-state index contributed by atoms with van der Waals surface area (Å²) < 4.78 is 60.4. The summed E-state index contributed by atoms with van der Waals surface area (Å²) in [5.41, 5.74) is 0. The third kappa shape index (κ3) is 6.92. The Morgan fingerprint density at radius 2 is 1.53 bits per heavy atom. The van der Waals surface area contributed by atoms with E-state index in [1.54, 1.807) is 19.9 Å². The van der Waals surface area contributed by atoms with Crippen molar-refractivity contribution in [3.8, 4) is 0 Å². The highest BCUT2D eigenvalue weighted by atomic mass is 35.5. The summed E-state index contributed by atoms with van der Waals surface area (Å²) in [5, 5.41) is 10.4. The molecular weight excluding hydrogens is 523 g/mol. The van der Waals surface area contributed by atoms with Crippen LogP contribution in [-0.4, -0.2) is 76.6 Å². The molecule has 0 aliphatic carbocycles. The molecule has 0 saturated carbocycles. The van der Waals surface area contributed by atoms with E-state index in [0.717, 1.165) is 4.31 Å². The number of sulfonamides is 2. The van der Waals surface area contributed by atoms with Gasteiger partial charge in [0.15, 0.2) is 0 Å². The Labute approximate surface area is 212 Å². The van der Waals surface area contributed by atoms with Crippen LogP contribution in [0.15, 0.2) is 58.3 Å². The van der Waals surface area contributed by atoms with E-state index in [1.807, 2.05) is 0 Å². The summed E-state index contributed by atoms with van der Waals surface area (Å²) in [5.74, 6) is -0.421. The Morgan fingerprint density at radius 3 is 2.06 bits per heavy atom. The summed E-state index contributed by atoms with van der Waals surface area (Å²) in [7, 11) is -4.93. The van der Waals surface area contributed by atoms with Crippen LogP contribution in [0, 0.1) is 5.92 Å². The summed E-state index contributed by atoms with van der Waals surface area (Å²) in [6.07, 6.45) is -0.630. The maximum atomic E-state index is 13.3. The molecule has 0 aliphatic rings. The molecule has 0 aromatic heterocycles. The fourth-order valence-corrected chi connectivity index (χ4v) is 6.73. The molecule has 190 valence electrons. The number of rotatable bonds is 12. The van der Waals surface area contributed by atoms with Gasteiger partial charge >= 0.3 is 0 Å². The normalized spacial score (nSPS) is 15.4. The molecule has 0 bridgehead atoms. The van der Waals surface area contributed by atoms with E-state index in [0.29, 0.717) is 5.02 Å². The first-order valence-corrected chi connectivity index (χ1v) is 14.1. The van der Waals surface area contributed by atoms with E-state index in [4.69, 9.17) is 27.9 Å². The first-order chi connectivity index (χ1) is 15.8. The van der Waals surface area contributed by atoms with Crippen molar-refractivity contribution in [1.29, 1.82) is 0 Å². The number of halogens is 2. The topological polar surface area (TPSA) is 104 Å². The first kappa shape index (κ1) is 29.0. The monoisotopic (exact) mass is 552 g/mol. The second-order valence-corrected chi connectivity index (χ2v) is 12.9. The van der Waals surface area contributed by atoms with Crippen LogP contribution in [0.2, 0.25) is 10.0 Å². The van der Waals surface area contributed by atoms with E-state index in [9.17, 15) is 21.9 Å². The zero-order valence-electron chi connectivity index (χ0n) is 19.4. The highest BCUT2D eigenvalue weighted by Crippen LogP contribution is 2.25. The molecule has 0 aliphatic heterocycles. The average molecular weight is 554 g/mol. The maximum absolute atomic E-state index is 13.3. The van der Waals surface area contributed by atoms with E-state index >= 15 is 0 Å². The van der Waals surface area contributed by atoms with Gasteiger partial charge in [0.05, 0.1) is 22.5 Å². The molecule has 12 heteroatoms. The molecule has 2 aromatic carbocycles. The van der Waals surface area contributed by atoms with Gasteiger partial charge in [0, 0.05) is 43.3 Å². The van der Waals surface area contributed by atoms with Crippen LogP contribution in [0.4, 0.5) is 0 Å². The van der Waals surface area contributed by atoms with Gasteiger partial charge in [-0.1, -0.05) is 36.2 Å². The minimum absolute atomic E-state index is 0.00361. The van der Waals surface area contributed by atoms with E-state index in [-0.39, 0.29) is 27.9 Å². The largest absolute Gasteiger partial charge is 0.395 e. The number of hydrogen-bond acceptors (Lipinski definition) is 6. The Hall–Kier alpha value is -1.24. The van der Waals surface area contributed by atoms with Crippen LogP contribution in [-0.2, 0) is 24.8 Å². The summed E-state index contributed by atoms with van der Waals surface area (Å²) >= 11 is 11.8. The van der Waals surface area contributed by atoms with Gasteiger partial charge in [0.1, 0.15) is 0 Å². The van der Waals surface area contributed by atoms with Gasteiger partial charge in [-0.05, 0) is 55.3 Å². The average Bonchev–Trinajstić information content (AvgIpc) is 2.80. The maximum Gasteiger partial charge on any atom is 0.243 e. The molecule has 0 unspecified atom stereocenters. The van der Waals surface area contributed by atoms with Gasteiger partial charge < -0.3 is 9.84 Å². The molecule has 0 heterocycles. The third-order valence-corrected chi connectivity index (χ3v) is 9.82. The molecule has 1 N–H and O–H groups in total. The van der Waals surface area contributed by atoms with Crippen LogP contribution in [0.1, 0.15) is 13.8 Å². The van der Waals surface area contributed by atoms with Gasteiger partial charge in [0.25, 0.3) is 0 Å². The van der Waals surface area contributed by atoms with Crippen LogP contribution < -0.4 is 0 Å². The molecule has 34 heavy (non-hydrogen) atoms. The van der Waals surface area contributed by atoms with E-state index in [2.05, 4.69) is 0 Å². The first-order valence-electron chi connectivity index (χ1n) is 10.5. The minimum Gasteiger partial charge on any atom is -0.395 e. The minimum atomic E-state index is -3.99. The number of methoxy groups -OCH3 is 1. The highest BCUT2D eigenvalue weighted by molar-refractivity contribution is 7.89. The van der Waals surface area contributed by atoms with Gasteiger partial charge in [-0.15, -0.1) is 0 Å². The predicted molar refractivity (Wildman–Crippen MR) is 133 cm³/mol. The van der Waals surface area contributed by atoms with Crippen LogP contribution in [0.3, 0.4) is 0 Å². The molecule has 2 rings (SSSR count). The van der Waals surface area contributed by atoms with Crippen molar-refractivity contribution in [3.63, 3.8) is 0 Å². The second-order valence-electron chi connectivity index (χ2n) is 8.05. The van der Waals surface area contributed by atoms with Crippen LogP contribution in [0.25, 0.3) is 0 Å². The Kier molecular flexibility index (Phi) is 10.3. The number of benzene rings is 2. The fourth-order valence-electron chi connectivity index (χ4n) is 3.40. The Balaban J connectivity index is 2.26. The predicted octanol–water partition coefficient (Wildman–Crippen LogP) is 3.34.